The molecule has 5 amide bonds. The van der Waals surface area contributed by atoms with Crippen LogP contribution in [0.4, 0.5) is 0 Å². The first-order valence-electron chi connectivity index (χ1n) is 40.5. The molecule has 7 aliphatic rings. The van der Waals surface area contributed by atoms with Gasteiger partial charge in [-0.25, -0.2) is 4.79 Å². The number of rotatable bonds is 30. The van der Waals surface area contributed by atoms with Crippen LogP contribution in [0.1, 0.15) is 195 Å². The van der Waals surface area contributed by atoms with E-state index in [0.29, 0.717) is 19.5 Å². The molecule has 0 aliphatic carbocycles. The Labute approximate surface area is 708 Å². The summed E-state index contributed by atoms with van der Waals surface area (Å²) < 4.78 is 51.6. The molecule has 2 fully saturated rings. The normalized spacial score (nSPS) is 26.8. The number of amides is 5. The summed E-state index contributed by atoms with van der Waals surface area (Å²) in [5, 5.41) is 137. The number of fused-ring (bicyclic) bond motifs is 15. The van der Waals surface area contributed by atoms with Crippen molar-refractivity contribution in [1.82, 2.24) is 37.2 Å². The summed E-state index contributed by atoms with van der Waals surface area (Å²) >= 11 is 14.4. The van der Waals surface area contributed by atoms with Gasteiger partial charge in [-0.1, -0.05) is 114 Å². The number of ether oxygens (including phenoxy) is 6. The van der Waals surface area contributed by atoms with Crippen molar-refractivity contribution in [3.8, 4) is 57.1 Å². The van der Waals surface area contributed by atoms with Crippen molar-refractivity contribution >= 4 is 77.9 Å². The number of carbonyl (C=O) groups excluding carboxylic acids is 7. The highest BCUT2D eigenvalue weighted by atomic mass is 35.5. The van der Waals surface area contributed by atoms with Crippen molar-refractivity contribution in [1.29, 1.82) is 0 Å². The molecule has 12 rings (SSSR count). The Morgan fingerprint density at radius 3 is 1.95 bits per heavy atom. The number of ketones is 2. The SMILES string of the molecule is CCCCCCCCCCNCCN[C@@]1(C)CC(OC2C(Oc3c4cc5cc3Oc3ccc(cc3Cl)[C@@H](O)[C@@H](NC(=O)[C@H](CC)CC(C)C)C(=O)C[C@@H](CC(N)=O)C(=O)N[C@H]5C(=O)C[C@H]3C(=O)N[C@H](C(=O)N[C@H](C(=O)O)c5cc(O)c(CNCP(=O)(O)O)c(O)c5-c5cc3ccc5O)[C@H](O)c3ccc(c(Cl)c3)O4)O[C@H](CO)[C@@H](O)[C@@H]2O)O[C@@H](C)[C@@H]1O. The number of aliphatic carboxylic acids is 1. The van der Waals surface area contributed by atoms with Gasteiger partial charge < -0.3 is 132 Å². The molecule has 7 heterocycles. The van der Waals surface area contributed by atoms with Gasteiger partial charge in [-0.2, -0.15) is 0 Å². The maximum atomic E-state index is 16.5. The Bertz CT molecular complexity index is 4640. The first-order chi connectivity index (χ1) is 57.3. The number of benzene rings is 5. The van der Waals surface area contributed by atoms with Crippen LogP contribution in [0.3, 0.4) is 0 Å². The molecule has 18 atom stereocenters. The minimum atomic E-state index is -4.83. The van der Waals surface area contributed by atoms with Crippen LogP contribution in [-0.2, 0) is 63.7 Å². The van der Waals surface area contributed by atoms with E-state index in [4.69, 9.17) is 57.4 Å². The van der Waals surface area contributed by atoms with E-state index >= 15 is 24.0 Å². The minimum Gasteiger partial charge on any atom is -0.507 e. The number of primary amides is 1. The zero-order chi connectivity index (χ0) is 88.2. The summed E-state index contributed by atoms with van der Waals surface area (Å²) in [7, 11) is -4.83. The van der Waals surface area contributed by atoms with Gasteiger partial charge in [0.1, 0.15) is 77.4 Å². The number of hydrogen-bond acceptors (Lipinski definition) is 27. The van der Waals surface area contributed by atoms with Crippen LogP contribution >= 0.6 is 30.8 Å². The third-order valence-electron chi connectivity index (χ3n) is 22.5. The average Bonchev–Trinajstić information content (AvgIpc) is 0.780. The Kier molecular flexibility index (Phi) is 32.6. The molecule has 11 bridgehead atoms. The van der Waals surface area contributed by atoms with E-state index in [0.717, 1.165) is 80.4 Å². The zero-order valence-electron chi connectivity index (χ0n) is 67.7. The number of halogens is 2. The van der Waals surface area contributed by atoms with Crippen LogP contribution in [0.15, 0.2) is 72.8 Å². The highest BCUT2D eigenvalue weighted by molar-refractivity contribution is 7.51. The number of nitrogens with two attached hydrogens (primary N) is 1. The molecule has 38 heteroatoms. The Morgan fingerprint density at radius 2 is 1.35 bits per heavy atom. The topological polar surface area (TPSA) is 562 Å². The number of carbonyl (C=O) groups is 8. The molecule has 0 saturated carbocycles. The molecule has 3 unspecified atom stereocenters. The van der Waals surface area contributed by atoms with Crippen molar-refractivity contribution in [2.45, 2.75) is 235 Å². The number of aliphatic hydroxyl groups is 6. The van der Waals surface area contributed by atoms with E-state index < -0.39 is 275 Å². The summed E-state index contributed by atoms with van der Waals surface area (Å²) in [4.78, 5) is 139. The number of unbranched alkanes of at least 4 members (excludes halogenated alkanes) is 7. The molecule has 21 N–H and O–H groups in total. The molecule has 7 aliphatic heterocycles. The summed E-state index contributed by atoms with van der Waals surface area (Å²) in [6, 6.07) is 4.12. The number of aromatic hydroxyl groups is 3. The second kappa shape index (κ2) is 41.7. The Balaban J connectivity index is 1.17. The first kappa shape index (κ1) is 94.6. The Morgan fingerprint density at radius 1 is 0.711 bits per heavy atom. The highest BCUT2D eigenvalue weighted by Crippen LogP contribution is 2.52. The van der Waals surface area contributed by atoms with Crippen molar-refractivity contribution in [3.63, 3.8) is 0 Å². The number of Topliss-reactive ketones (excluding diaryl/α,β-unsaturated/α-hetero) is 2. The number of phenols is 3. The summed E-state index contributed by atoms with van der Waals surface area (Å²) in [6.45, 7) is 10.9. The number of carboxylic acids is 1. The molecule has 35 nitrogen and oxygen atoms in total. The van der Waals surface area contributed by atoms with Crippen LogP contribution < -0.4 is 57.2 Å². The van der Waals surface area contributed by atoms with Gasteiger partial charge >= 0.3 is 13.6 Å². The lowest BCUT2D eigenvalue weighted by atomic mass is 9.84. The molecule has 0 radical (unpaired) electrons. The summed E-state index contributed by atoms with van der Waals surface area (Å²) in [5.41, 5.74) is 1.08. The molecular formula is C83H109Cl2N8O27P. The lowest BCUT2D eigenvalue weighted by Gasteiger charge is -2.48. The molecule has 5 aromatic carbocycles. The summed E-state index contributed by atoms with van der Waals surface area (Å²) in [5.74, 6) is -20.2. The fourth-order valence-corrected chi connectivity index (χ4v) is 16.8. The average molecular weight is 1750 g/mol. The molecule has 0 aromatic heterocycles. The van der Waals surface area contributed by atoms with E-state index in [9.17, 15) is 79.8 Å². The largest absolute Gasteiger partial charge is 0.507 e. The third-order valence-corrected chi connectivity index (χ3v) is 23.7. The number of nitrogens with one attached hydrogen (secondary N) is 7. The quantitative estimate of drug-likeness (QED) is 0.0182. The monoisotopic (exact) mass is 1750 g/mol. The number of phenolic OH excluding ortho intramolecular Hbond substituents is 3. The number of hydrogen-bond donors (Lipinski definition) is 20. The minimum absolute atomic E-state index is 0.0394. The number of carboxylic acid groups (broad SMARTS) is 1. The lowest BCUT2D eigenvalue weighted by molar-refractivity contribution is -0.334. The molecule has 662 valence electrons. The standard InChI is InChI=1S/C83H109Cl2N8O27P/c1-7-9-10-11-12-13-14-15-22-87-23-24-89-83(6)35-63(115-40(5)76(83)105)119-75-73(104)72(103)61(37-94)118-82(75)120-74-59-30-45-31-60(74)117-58-21-18-44(28-52(58)85)70(101)68-80(109)91-66(81(110)111)49-34-54(96)50(36-88-38-121(112,113)114)71(102)64(49)48-26-42(16-19-53(48)95)47(79(108)93-68)33-56(98)65(45)90-78(107)46(32-62(86)99)29-55(97)67(92-77(106)41(8-2)25-39(3)4)69(100)43-17-20-57(116-59)51(84)27-43/h16-21,26-28,30-31,34,39-41,46-47,61,63,65-70,72-73,75-76,82,87-89,94-96,100-105H,7-15,22-25,29,32-33,35-38H2,1-6H3,(H2,86,99)(H,90,107)(H,91,109)(H,92,106)(H,93,108)(H,110,111)(H2,112,113,114)/t40-,41+,46-,47+,61+,63?,65+,66-,67-,68-,69+,70+,72+,73-,75?,76-,82?,83-/m0/s1. The lowest BCUT2D eigenvalue weighted by Crippen LogP contribution is -2.65. The van der Waals surface area contributed by atoms with E-state index in [1.807, 2.05) is 13.8 Å². The molecular weight excluding hydrogens is 1640 g/mol. The van der Waals surface area contributed by atoms with Gasteiger partial charge in [0, 0.05) is 73.5 Å². The third kappa shape index (κ3) is 23.2. The molecule has 121 heavy (non-hydrogen) atoms. The van der Waals surface area contributed by atoms with E-state index in [2.05, 4.69) is 44.1 Å². The van der Waals surface area contributed by atoms with Gasteiger partial charge in [-0.05, 0) is 122 Å². The number of aliphatic hydroxyl groups excluding tert-OH is 6. The van der Waals surface area contributed by atoms with Gasteiger partial charge in [0.25, 0.3) is 0 Å². The van der Waals surface area contributed by atoms with Crippen LogP contribution in [0.5, 0.6) is 46.0 Å². The van der Waals surface area contributed by atoms with Crippen LogP contribution in [0, 0.1) is 17.8 Å². The van der Waals surface area contributed by atoms with Gasteiger partial charge in [-0.15, -0.1) is 0 Å². The van der Waals surface area contributed by atoms with E-state index in [1.165, 1.54) is 50.3 Å². The van der Waals surface area contributed by atoms with Gasteiger partial charge in [0.05, 0.1) is 52.5 Å². The summed E-state index contributed by atoms with van der Waals surface area (Å²) in [6.07, 6.45) is -11.9. The van der Waals surface area contributed by atoms with E-state index in [1.54, 1.807) is 20.8 Å². The molecule has 2 saturated heterocycles. The van der Waals surface area contributed by atoms with Crippen molar-refractivity contribution in [3.05, 3.63) is 116 Å². The smallest absolute Gasteiger partial charge is 0.339 e. The van der Waals surface area contributed by atoms with Crippen molar-refractivity contribution < 1.29 is 132 Å². The van der Waals surface area contributed by atoms with Crippen molar-refractivity contribution in [2.24, 2.45) is 23.5 Å². The zero-order valence-corrected chi connectivity index (χ0v) is 70.1. The van der Waals surface area contributed by atoms with Crippen LogP contribution in [0.25, 0.3) is 11.1 Å². The maximum absolute atomic E-state index is 16.5. The van der Waals surface area contributed by atoms with Crippen LogP contribution in [0.2, 0.25) is 10.0 Å². The van der Waals surface area contributed by atoms with E-state index in [-0.39, 0.29) is 46.2 Å². The van der Waals surface area contributed by atoms with Crippen molar-refractivity contribution in [2.75, 3.05) is 32.5 Å². The predicted molar refractivity (Wildman–Crippen MR) is 436 cm³/mol. The molecule has 5 aromatic rings. The van der Waals surface area contributed by atoms with Crippen LogP contribution in [-0.4, -0.2) is 207 Å². The predicted octanol–water partition coefficient (Wildman–Crippen LogP) is 6.11. The fourth-order valence-electron chi connectivity index (χ4n) is 15.9. The maximum Gasteiger partial charge on any atom is 0.339 e. The molecule has 0 spiro atoms. The fraction of sp³-hybridized carbons (Fsp3) is 0.542. The van der Waals surface area contributed by atoms with Gasteiger partial charge in [0.15, 0.2) is 41.5 Å². The first-order valence-corrected chi connectivity index (χ1v) is 43.1. The second-order valence-electron chi connectivity index (χ2n) is 32.1. The second-order valence-corrected chi connectivity index (χ2v) is 34.6. The van der Waals surface area contributed by atoms with Gasteiger partial charge in [-0.3, -0.25) is 38.1 Å². The van der Waals surface area contributed by atoms with Gasteiger partial charge in [0.2, 0.25) is 41.6 Å². The highest BCUT2D eigenvalue weighted by Gasteiger charge is 2.52. The Hall–Kier alpha value is -8.69.